The van der Waals surface area contributed by atoms with Gasteiger partial charge in [0, 0.05) is 12.5 Å². The molecule has 1 aliphatic rings. The number of hydrogen-bond acceptors (Lipinski definition) is 4. The summed E-state index contributed by atoms with van der Waals surface area (Å²) in [5, 5.41) is 18.2. The van der Waals surface area contributed by atoms with E-state index in [2.05, 4.69) is 15.8 Å². The zero-order chi connectivity index (χ0) is 12.4. The molecule has 1 saturated carbocycles. The van der Waals surface area contributed by atoms with Crippen molar-refractivity contribution in [3.8, 4) is 0 Å². The molecule has 1 aliphatic carbocycles. The molecule has 3 N–H and O–H groups in total. The van der Waals surface area contributed by atoms with E-state index < -0.39 is 6.10 Å². The summed E-state index contributed by atoms with van der Waals surface area (Å²) in [6.07, 6.45) is 1.60. The highest BCUT2D eigenvalue weighted by Crippen LogP contribution is 2.44. The van der Waals surface area contributed by atoms with Gasteiger partial charge in [-0.25, -0.2) is 4.79 Å². The molecule has 17 heavy (non-hydrogen) atoms. The summed E-state index contributed by atoms with van der Waals surface area (Å²) in [6, 6.07) is -0.348. The molecular weight excluding hydrogens is 222 g/mol. The molecule has 0 unspecified atom stereocenters. The largest absolute Gasteiger partial charge is 0.392 e. The summed E-state index contributed by atoms with van der Waals surface area (Å²) in [7, 11) is 0. The third-order valence-electron chi connectivity index (χ3n) is 2.63. The predicted octanol–water partition coefficient (Wildman–Crippen LogP) is 1.36. The molecule has 2 rings (SSSR count). The van der Waals surface area contributed by atoms with Gasteiger partial charge >= 0.3 is 6.03 Å². The number of aliphatic hydroxyl groups excluding tert-OH is 1. The van der Waals surface area contributed by atoms with Gasteiger partial charge in [0.2, 0.25) is 0 Å². The summed E-state index contributed by atoms with van der Waals surface area (Å²) < 4.78 is 5.20. The molecule has 94 valence electrons. The fraction of sp³-hybridized carbons (Fsp3) is 0.636. The van der Waals surface area contributed by atoms with Crippen molar-refractivity contribution in [1.29, 1.82) is 0 Å². The van der Waals surface area contributed by atoms with E-state index in [1.54, 1.807) is 13.8 Å². The van der Waals surface area contributed by atoms with E-state index in [0.29, 0.717) is 17.3 Å². The molecule has 1 heterocycles. The van der Waals surface area contributed by atoms with Crippen LogP contribution in [-0.4, -0.2) is 28.9 Å². The van der Waals surface area contributed by atoms with E-state index in [1.807, 2.05) is 0 Å². The Hall–Kier alpha value is -1.56. The molecule has 2 amide bonds. The molecule has 0 bridgehead atoms. The standard InChI is InChI=1S/C11H17N3O3/c1-6(15)5-12-11(16)13-9-7(2)14-17-10(9)8-3-4-8/h6,8,15H,3-5H2,1-2H3,(H2,12,13,16)/t6-/m0/s1. The fourth-order valence-electron chi connectivity index (χ4n) is 1.56. The highest BCUT2D eigenvalue weighted by Gasteiger charge is 2.32. The molecule has 6 nitrogen and oxygen atoms in total. The second-order valence-corrected chi connectivity index (χ2v) is 4.47. The average Bonchev–Trinajstić information content (AvgIpc) is 3.04. The number of carbonyl (C=O) groups excluding carboxylic acids is 1. The van der Waals surface area contributed by atoms with E-state index in [-0.39, 0.29) is 12.6 Å². The molecule has 0 aromatic carbocycles. The van der Waals surface area contributed by atoms with Crippen LogP contribution in [0.25, 0.3) is 0 Å². The van der Waals surface area contributed by atoms with E-state index in [1.165, 1.54) is 0 Å². The summed E-state index contributed by atoms with van der Waals surface area (Å²) in [4.78, 5) is 11.6. The van der Waals surface area contributed by atoms with Gasteiger partial charge in [-0.3, -0.25) is 0 Å². The van der Waals surface area contributed by atoms with Crippen molar-refractivity contribution in [2.75, 3.05) is 11.9 Å². The van der Waals surface area contributed by atoms with Crippen LogP contribution in [0.15, 0.2) is 4.52 Å². The van der Waals surface area contributed by atoms with E-state index >= 15 is 0 Å². The number of rotatable bonds is 4. The van der Waals surface area contributed by atoms with Crippen molar-refractivity contribution in [2.24, 2.45) is 0 Å². The summed E-state index contributed by atoms with van der Waals surface area (Å²) in [5.41, 5.74) is 1.34. The number of nitrogens with one attached hydrogen (secondary N) is 2. The maximum Gasteiger partial charge on any atom is 0.319 e. The topological polar surface area (TPSA) is 87.4 Å². The predicted molar refractivity (Wildman–Crippen MR) is 61.9 cm³/mol. The lowest BCUT2D eigenvalue weighted by Gasteiger charge is -2.08. The fourth-order valence-corrected chi connectivity index (χ4v) is 1.56. The minimum atomic E-state index is -0.563. The number of carbonyl (C=O) groups is 1. The lowest BCUT2D eigenvalue weighted by atomic mass is 10.2. The van der Waals surface area contributed by atoms with Gasteiger partial charge < -0.3 is 20.3 Å². The van der Waals surface area contributed by atoms with Gasteiger partial charge in [-0.1, -0.05) is 5.16 Å². The molecule has 0 saturated heterocycles. The first-order chi connectivity index (χ1) is 8.08. The Bertz CT molecular complexity index is 410. The average molecular weight is 239 g/mol. The SMILES string of the molecule is Cc1noc(C2CC2)c1NC(=O)NC[C@H](C)O. The molecule has 1 aromatic heterocycles. The van der Waals surface area contributed by atoms with E-state index in [0.717, 1.165) is 18.6 Å². The first-order valence-corrected chi connectivity index (χ1v) is 5.77. The van der Waals surface area contributed by atoms with Gasteiger partial charge in [0.15, 0.2) is 5.76 Å². The van der Waals surface area contributed by atoms with Crippen LogP contribution >= 0.6 is 0 Å². The van der Waals surface area contributed by atoms with Gasteiger partial charge in [0.1, 0.15) is 11.4 Å². The summed E-state index contributed by atoms with van der Waals surface area (Å²) in [5.74, 6) is 1.15. The lowest BCUT2D eigenvalue weighted by molar-refractivity contribution is 0.190. The van der Waals surface area contributed by atoms with Crippen LogP contribution in [0.1, 0.15) is 37.1 Å². The molecule has 0 aliphatic heterocycles. The zero-order valence-corrected chi connectivity index (χ0v) is 9.99. The number of aliphatic hydroxyl groups is 1. The van der Waals surface area contributed by atoms with Crippen molar-refractivity contribution >= 4 is 11.7 Å². The van der Waals surface area contributed by atoms with Gasteiger partial charge in [0.05, 0.1) is 6.10 Å². The third-order valence-corrected chi connectivity index (χ3v) is 2.63. The quantitative estimate of drug-likeness (QED) is 0.740. The monoisotopic (exact) mass is 239 g/mol. The number of nitrogens with zero attached hydrogens (tertiary/aromatic N) is 1. The molecule has 0 radical (unpaired) electrons. The van der Waals surface area contributed by atoms with Gasteiger partial charge in [-0.2, -0.15) is 0 Å². The van der Waals surface area contributed by atoms with Crippen molar-refractivity contribution < 1.29 is 14.4 Å². The van der Waals surface area contributed by atoms with Crippen LogP contribution in [0.4, 0.5) is 10.5 Å². The van der Waals surface area contributed by atoms with Gasteiger partial charge in [0.25, 0.3) is 0 Å². The number of amides is 2. The lowest BCUT2D eigenvalue weighted by Crippen LogP contribution is -2.34. The molecule has 1 fully saturated rings. The van der Waals surface area contributed by atoms with E-state index in [4.69, 9.17) is 9.63 Å². The summed E-state index contributed by atoms with van der Waals surface area (Å²) >= 11 is 0. The van der Waals surface area contributed by atoms with Crippen molar-refractivity contribution in [3.05, 3.63) is 11.5 Å². The van der Waals surface area contributed by atoms with Gasteiger partial charge in [-0.05, 0) is 26.7 Å². The second kappa shape index (κ2) is 4.75. The van der Waals surface area contributed by atoms with Crippen LogP contribution in [0, 0.1) is 6.92 Å². The Morgan fingerprint density at radius 1 is 1.65 bits per heavy atom. The van der Waals surface area contributed by atoms with Crippen LogP contribution in [-0.2, 0) is 0 Å². The number of hydrogen-bond donors (Lipinski definition) is 3. The van der Waals surface area contributed by atoms with Crippen molar-refractivity contribution in [1.82, 2.24) is 10.5 Å². The Morgan fingerprint density at radius 2 is 2.35 bits per heavy atom. The number of aromatic nitrogens is 1. The zero-order valence-electron chi connectivity index (χ0n) is 9.99. The first-order valence-electron chi connectivity index (χ1n) is 5.77. The second-order valence-electron chi connectivity index (χ2n) is 4.47. The summed E-state index contributed by atoms with van der Waals surface area (Å²) in [6.45, 7) is 3.62. The first kappa shape index (κ1) is 11.9. The molecule has 0 spiro atoms. The molecule has 1 atom stereocenters. The van der Waals surface area contributed by atoms with Crippen LogP contribution in [0.2, 0.25) is 0 Å². The number of urea groups is 1. The maximum absolute atomic E-state index is 11.6. The van der Waals surface area contributed by atoms with Crippen molar-refractivity contribution in [2.45, 2.75) is 38.7 Å². The molecule has 6 heteroatoms. The van der Waals surface area contributed by atoms with Crippen LogP contribution < -0.4 is 10.6 Å². The third kappa shape index (κ3) is 2.97. The number of anilines is 1. The normalized spacial score (nSPS) is 16.6. The Morgan fingerprint density at radius 3 is 2.94 bits per heavy atom. The highest BCUT2D eigenvalue weighted by atomic mass is 16.5. The molecule has 1 aromatic rings. The van der Waals surface area contributed by atoms with Crippen molar-refractivity contribution in [3.63, 3.8) is 0 Å². The minimum absolute atomic E-state index is 0.217. The maximum atomic E-state index is 11.6. The van der Waals surface area contributed by atoms with E-state index in [9.17, 15) is 4.79 Å². The number of aryl methyl sites for hydroxylation is 1. The Kier molecular flexibility index (Phi) is 3.33. The van der Waals surface area contributed by atoms with Gasteiger partial charge in [-0.15, -0.1) is 0 Å². The Labute approximate surface area is 99.4 Å². The smallest absolute Gasteiger partial charge is 0.319 e. The highest BCUT2D eigenvalue weighted by molar-refractivity contribution is 5.90. The van der Waals surface area contributed by atoms with Crippen LogP contribution in [0.3, 0.4) is 0 Å². The minimum Gasteiger partial charge on any atom is -0.392 e. The van der Waals surface area contributed by atoms with Crippen LogP contribution in [0.5, 0.6) is 0 Å². The Balaban J connectivity index is 1.97. The molecular formula is C11H17N3O3.